The molecule has 28 heavy (non-hydrogen) atoms. The monoisotopic (exact) mass is 522 g/mol. The summed E-state index contributed by atoms with van der Waals surface area (Å²) in [4.78, 5) is -0.675. The van der Waals surface area contributed by atoms with Crippen LogP contribution in [0.1, 0.15) is 0 Å². The Kier molecular flexibility index (Phi) is 5.79. The molecule has 0 atom stereocenters. The average molecular weight is 522 g/mol. The molecule has 146 valence electrons. The molecule has 0 aliphatic heterocycles. The summed E-state index contributed by atoms with van der Waals surface area (Å²) in [6.07, 6.45) is 0. The number of hydrogen-bond acceptors (Lipinski definition) is 3. The Hall–Kier alpha value is -2.34. The molecule has 0 saturated carbocycles. The fraction of sp³-hybridized carbons (Fsp3) is 0. The molecular formula is C18H11F4IN2O2S. The molecule has 0 aliphatic rings. The van der Waals surface area contributed by atoms with Crippen molar-refractivity contribution in [1.29, 1.82) is 0 Å². The highest BCUT2D eigenvalue weighted by atomic mass is 127. The maximum absolute atomic E-state index is 14.3. The fourth-order valence-electron chi connectivity index (χ4n) is 2.35. The third kappa shape index (κ3) is 4.22. The third-order valence-electron chi connectivity index (χ3n) is 3.66. The van der Waals surface area contributed by atoms with Crippen LogP contribution >= 0.6 is 22.6 Å². The number of benzene rings is 3. The van der Waals surface area contributed by atoms with Crippen LogP contribution in [0.3, 0.4) is 0 Å². The van der Waals surface area contributed by atoms with E-state index in [4.69, 9.17) is 0 Å². The SMILES string of the molecule is O=S(=O)(Nc1ccc(F)c(F)c1Nc1ccc(I)cc1F)c1ccccc1F. The molecule has 4 nitrogen and oxygen atoms in total. The molecule has 3 aromatic rings. The Bertz CT molecular complexity index is 1160. The molecule has 2 N–H and O–H groups in total. The number of nitrogens with one attached hydrogen (secondary N) is 2. The highest BCUT2D eigenvalue weighted by Crippen LogP contribution is 2.33. The summed E-state index contributed by atoms with van der Waals surface area (Å²) < 4.78 is 83.5. The van der Waals surface area contributed by atoms with Gasteiger partial charge in [-0.3, -0.25) is 4.72 Å². The van der Waals surface area contributed by atoms with Crippen molar-refractivity contribution >= 4 is 49.7 Å². The van der Waals surface area contributed by atoms with Crippen LogP contribution in [-0.2, 0) is 10.0 Å². The first-order chi connectivity index (χ1) is 13.2. The number of hydrogen-bond donors (Lipinski definition) is 2. The van der Waals surface area contributed by atoms with Crippen molar-refractivity contribution in [3.05, 3.63) is 81.4 Å². The normalized spacial score (nSPS) is 11.3. The van der Waals surface area contributed by atoms with Crippen LogP contribution in [0.25, 0.3) is 0 Å². The molecule has 0 bridgehead atoms. The third-order valence-corrected chi connectivity index (χ3v) is 5.73. The highest BCUT2D eigenvalue weighted by molar-refractivity contribution is 14.1. The van der Waals surface area contributed by atoms with Crippen LogP contribution in [0.5, 0.6) is 0 Å². The molecule has 0 unspecified atom stereocenters. The van der Waals surface area contributed by atoms with E-state index >= 15 is 0 Å². The maximum atomic E-state index is 14.3. The van der Waals surface area contributed by atoms with Gasteiger partial charge < -0.3 is 5.32 Å². The number of sulfonamides is 1. The lowest BCUT2D eigenvalue weighted by Crippen LogP contribution is -2.16. The second-order valence-electron chi connectivity index (χ2n) is 5.57. The predicted octanol–water partition coefficient (Wildman–Crippen LogP) is 5.39. The molecular weight excluding hydrogens is 511 g/mol. The second kappa shape index (κ2) is 7.95. The molecule has 0 heterocycles. The van der Waals surface area contributed by atoms with Gasteiger partial charge in [0.05, 0.1) is 11.4 Å². The number of halogens is 5. The van der Waals surface area contributed by atoms with Crippen LogP contribution in [0.4, 0.5) is 34.6 Å². The second-order valence-corrected chi connectivity index (χ2v) is 8.47. The Morgan fingerprint density at radius 2 is 1.46 bits per heavy atom. The van der Waals surface area contributed by atoms with Crippen molar-refractivity contribution in [3.63, 3.8) is 0 Å². The first-order valence-electron chi connectivity index (χ1n) is 7.66. The first kappa shape index (κ1) is 20.4. The summed E-state index contributed by atoms with van der Waals surface area (Å²) in [6.45, 7) is 0. The van der Waals surface area contributed by atoms with Crippen LogP contribution in [0.2, 0.25) is 0 Å². The van der Waals surface area contributed by atoms with Gasteiger partial charge in [-0.15, -0.1) is 0 Å². The minimum Gasteiger partial charge on any atom is -0.349 e. The molecule has 0 aromatic heterocycles. The van der Waals surface area contributed by atoms with Crippen molar-refractivity contribution < 1.29 is 26.0 Å². The Morgan fingerprint density at radius 3 is 2.14 bits per heavy atom. The van der Waals surface area contributed by atoms with E-state index in [0.717, 1.165) is 24.3 Å². The van der Waals surface area contributed by atoms with Crippen molar-refractivity contribution in [2.24, 2.45) is 0 Å². The van der Waals surface area contributed by atoms with E-state index in [-0.39, 0.29) is 5.69 Å². The average Bonchev–Trinajstić information content (AvgIpc) is 2.63. The zero-order valence-electron chi connectivity index (χ0n) is 13.8. The van der Waals surface area contributed by atoms with Gasteiger partial charge in [0.1, 0.15) is 22.2 Å². The van der Waals surface area contributed by atoms with E-state index in [9.17, 15) is 26.0 Å². The number of rotatable bonds is 5. The Labute approximate surface area is 171 Å². The Morgan fingerprint density at radius 1 is 0.786 bits per heavy atom. The molecule has 0 aliphatic carbocycles. The van der Waals surface area contributed by atoms with Crippen LogP contribution in [-0.4, -0.2) is 8.42 Å². The topological polar surface area (TPSA) is 58.2 Å². The molecule has 0 amide bonds. The molecule has 0 radical (unpaired) electrons. The molecule has 10 heteroatoms. The molecule has 0 spiro atoms. The maximum Gasteiger partial charge on any atom is 0.264 e. The number of anilines is 3. The van der Waals surface area contributed by atoms with Gasteiger partial charge in [-0.2, -0.15) is 0 Å². The van der Waals surface area contributed by atoms with Gasteiger partial charge in [-0.25, -0.2) is 26.0 Å². The van der Waals surface area contributed by atoms with E-state index in [1.165, 1.54) is 24.3 Å². The summed E-state index contributed by atoms with van der Waals surface area (Å²) in [5.41, 5.74) is -1.25. The van der Waals surface area contributed by atoms with Crippen molar-refractivity contribution in [3.8, 4) is 0 Å². The van der Waals surface area contributed by atoms with E-state index in [2.05, 4.69) is 5.32 Å². The van der Waals surface area contributed by atoms with Gasteiger partial charge >= 0.3 is 0 Å². The van der Waals surface area contributed by atoms with Crippen molar-refractivity contribution in [1.82, 2.24) is 0 Å². The van der Waals surface area contributed by atoms with Crippen LogP contribution < -0.4 is 10.0 Å². The Balaban J connectivity index is 2.05. The van der Waals surface area contributed by atoms with Gasteiger partial charge in [0.15, 0.2) is 11.6 Å². The van der Waals surface area contributed by atoms with Gasteiger partial charge in [0.25, 0.3) is 10.0 Å². The molecule has 3 rings (SSSR count). The molecule has 3 aromatic carbocycles. The van der Waals surface area contributed by atoms with E-state index in [1.807, 2.05) is 27.3 Å². The lowest BCUT2D eigenvalue weighted by Gasteiger charge is -2.16. The quantitative estimate of drug-likeness (QED) is 0.349. The van der Waals surface area contributed by atoms with Crippen molar-refractivity contribution in [2.45, 2.75) is 4.90 Å². The van der Waals surface area contributed by atoms with E-state index in [1.54, 1.807) is 0 Å². The smallest absolute Gasteiger partial charge is 0.264 e. The minimum atomic E-state index is -4.45. The van der Waals surface area contributed by atoms with E-state index in [0.29, 0.717) is 9.64 Å². The lowest BCUT2D eigenvalue weighted by atomic mass is 10.2. The van der Waals surface area contributed by atoms with Crippen molar-refractivity contribution in [2.75, 3.05) is 10.0 Å². The standard InChI is InChI=1S/C18H11F4IN2O2S/c19-11-3-1-2-4-16(11)28(26,27)25-15-8-6-12(20)17(22)18(15)24-14-7-5-10(23)9-13(14)21/h1-9,24-25H. The van der Waals surface area contributed by atoms with Crippen LogP contribution in [0.15, 0.2) is 59.5 Å². The molecule has 0 saturated heterocycles. The van der Waals surface area contributed by atoms with Gasteiger partial charge in [0, 0.05) is 3.57 Å². The lowest BCUT2D eigenvalue weighted by molar-refractivity contribution is 0.512. The predicted molar refractivity (Wildman–Crippen MR) is 106 cm³/mol. The summed E-state index contributed by atoms with van der Waals surface area (Å²) in [5.74, 6) is -4.47. The highest BCUT2D eigenvalue weighted by Gasteiger charge is 2.23. The summed E-state index contributed by atoms with van der Waals surface area (Å²) in [6, 6.07) is 10.2. The summed E-state index contributed by atoms with van der Waals surface area (Å²) >= 11 is 1.87. The zero-order chi connectivity index (χ0) is 20.5. The molecule has 0 fully saturated rings. The van der Waals surface area contributed by atoms with Crippen LogP contribution in [0, 0.1) is 26.8 Å². The largest absolute Gasteiger partial charge is 0.349 e. The first-order valence-corrected chi connectivity index (χ1v) is 10.2. The van der Waals surface area contributed by atoms with Gasteiger partial charge in [0.2, 0.25) is 0 Å². The van der Waals surface area contributed by atoms with E-state index < -0.39 is 49.6 Å². The summed E-state index contributed by atoms with van der Waals surface area (Å²) in [7, 11) is -4.45. The van der Waals surface area contributed by atoms with Gasteiger partial charge in [-0.05, 0) is 65.1 Å². The fourth-order valence-corrected chi connectivity index (χ4v) is 3.95. The summed E-state index contributed by atoms with van der Waals surface area (Å²) in [5, 5.41) is 2.35. The minimum absolute atomic E-state index is 0.198. The van der Waals surface area contributed by atoms with Gasteiger partial charge in [-0.1, -0.05) is 12.1 Å². The zero-order valence-corrected chi connectivity index (χ0v) is 16.8.